The van der Waals surface area contributed by atoms with Crippen molar-refractivity contribution in [2.75, 3.05) is 13.1 Å². The van der Waals surface area contributed by atoms with Crippen molar-refractivity contribution in [3.05, 3.63) is 0 Å². The molecule has 0 aromatic rings. The number of piperidine rings is 1. The molecular formula is C13H22N2O3. The molecule has 102 valence electrons. The summed E-state index contributed by atoms with van der Waals surface area (Å²) in [5, 5.41) is 0. The number of rotatable bonds is 2. The molecule has 0 aromatic carbocycles. The molecule has 0 aromatic heterocycles. The number of nitrogens with two attached hydrogens (primary N) is 1. The number of hydrogen-bond donors (Lipinski definition) is 1. The van der Waals surface area contributed by atoms with Crippen molar-refractivity contribution < 1.29 is 14.3 Å². The first-order valence-electron chi connectivity index (χ1n) is 6.91. The first kappa shape index (κ1) is 13.2. The van der Waals surface area contributed by atoms with Crippen LogP contribution in [0.25, 0.3) is 0 Å². The molecule has 5 heteroatoms. The Morgan fingerprint density at radius 1 is 1.06 bits per heavy atom. The monoisotopic (exact) mass is 254 g/mol. The van der Waals surface area contributed by atoms with E-state index in [0.29, 0.717) is 6.54 Å². The second-order valence-electron chi connectivity index (χ2n) is 5.32. The lowest BCUT2D eigenvalue weighted by atomic mass is 9.88. The molecule has 1 aliphatic heterocycles. The number of amides is 2. The fraction of sp³-hybridized carbons (Fsp3) is 0.846. The predicted molar refractivity (Wildman–Crippen MR) is 66.8 cm³/mol. The molecule has 0 bridgehead atoms. The summed E-state index contributed by atoms with van der Waals surface area (Å²) in [4.78, 5) is 24.9. The van der Waals surface area contributed by atoms with E-state index in [1.165, 1.54) is 6.42 Å². The molecule has 2 N–H and O–H groups in total. The number of hydrogen-bond acceptors (Lipinski definition) is 3. The van der Waals surface area contributed by atoms with Gasteiger partial charge in [-0.15, -0.1) is 0 Å². The van der Waals surface area contributed by atoms with Gasteiger partial charge in [-0.2, -0.15) is 0 Å². The molecule has 2 fully saturated rings. The SMILES string of the molecule is NC(=O)OC1CCCN(C(=O)C2CCCCC2)C1. The molecular weight excluding hydrogens is 232 g/mol. The van der Waals surface area contributed by atoms with Crippen molar-refractivity contribution in [3.63, 3.8) is 0 Å². The Bertz CT molecular complexity index is 313. The van der Waals surface area contributed by atoms with Gasteiger partial charge in [-0.1, -0.05) is 19.3 Å². The summed E-state index contributed by atoms with van der Waals surface area (Å²) in [6, 6.07) is 0. The molecule has 1 heterocycles. The Morgan fingerprint density at radius 3 is 2.44 bits per heavy atom. The molecule has 2 rings (SSSR count). The van der Waals surface area contributed by atoms with Gasteiger partial charge in [0.25, 0.3) is 0 Å². The summed E-state index contributed by atoms with van der Waals surface area (Å²) in [6.07, 6.45) is 6.31. The lowest BCUT2D eigenvalue weighted by molar-refractivity contribution is -0.139. The molecule has 0 radical (unpaired) electrons. The first-order chi connectivity index (χ1) is 8.66. The maximum absolute atomic E-state index is 12.3. The van der Waals surface area contributed by atoms with Crippen LogP contribution < -0.4 is 5.73 Å². The van der Waals surface area contributed by atoms with Gasteiger partial charge < -0.3 is 15.4 Å². The van der Waals surface area contributed by atoms with Gasteiger partial charge >= 0.3 is 6.09 Å². The van der Waals surface area contributed by atoms with Crippen LogP contribution in [0, 0.1) is 5.92 Å². The summed E-state index contributed by atoms with van der Waals surface area (Å²) in [5.41, 5.74) is 5.02. The van der Waals surface area contributed by atoms with Gasteiger partial charge in [0.1, 0.15) is 6.10 Å². The lowest BCUT2D eigenvalue weighted by Gasteiger charge is -2.35. The zero-order valence-electron chi connectivity index (χ0n) is 10.8. The normalized spacial score (nSPS) is 25.8. The summed E-state index contributed by atoms with van der Waals surface area (Å²) < 4.78 is 5.00. The second-order valence-corrected chi connectivity index (χ2v) is 5.32. The number of carbonyl (C=O) groups excluding carboxylic acids is 2. The number of carbonyl (C=O) groups is 2. The molecule has 1 aliphatic carbocycles. The van der Waals surface area contributed by atoms with E-state index in [4.69, 9.17) is 10.5 Å². The standard InChI is InChI=1S/C13H22N2O3/c14-13(17)18-11-7-4-8-15(9-11)12(16)10-5-2-1-3-6-10/h10-11H,1-9H2,(H2,14,17). The van der Waals surface area contributed by atoms with Gasteiger partial charge in [0.2, 0.25) is 5.91 Å². The maximum atomic E-state index is 12.3. The Balaban J connectivity index is 1.87. The highest BCUT2D eigenvalue weighted by atomic mass is 16.6. The Labute approximate surface area is 108 Å². The van der Waals surface area contributed by atoms with Crippen molar-refractivity contribution in [2.45, 2.75) is 51.0 Å². The second kappa shape index (κ2) is 6.07. The number of likely N-dealkylation sites (tertiary alicyclic amines) is 1. The average molecular weight is 254 g/mol. The largest absolute Gasteiger partial charge is 0.445 e. The highest BCUT2D eigenvalue weighted by molar-refractivity contribution is 5.79. The highest BCUT2D eigenvalue weighted by Gasteiger charge is 2.30. The molecule has 1 unspecified atom stereocenters. The van der Waals surface area contributed by atoms with E-state index in [9.17, 15) is 9.59 Å². The number of nitrogens with zero attached hydrogens (tertiary/aromatic N) is 1. The van der Waals surface area contributed by atoms with Crippen molar-refractivity contribution in [1.82, 2.24) is 4.90 Å². The lowest BCUT2D eigenvalue weighted by Crippen LogP contribution is -2.46. The van der Waals surface area contributed by atoms with Crippen molar-refractivity contribution in [2.24, 2.45) is 11.7 Å². The van der Waals surface area contributed by atoms with Crippen LogP contribution >= 0.6 is 0 Å². The van der Waals surface area contributed by atoms with Gasteiger partial charge in [0.15, 0.2) is 0 Å². The van der Waals surface area contributed by atoms with Crippen molar-refractivity contribution >= 4 is 12.0 Å². The van der Waals surface area contributed by atoms with Crippen LogP contribution in [0.5, 0.6) is 0 Å². The Morgan fingerprint density at radius 2 is 1.78 bits per heavy atom. The van der Waals surface area contributed by atoms with E-state index >= 15 is 0 Å². The summed E-state index contributed by atoms with van der Waals surface area (Å²) in [6.45, 7) is 1.30. The fourth-order valence-corrected chi connectivity index (χ4v) is 3.01. The quantitative estimate of drug-likeness (QED) is 0.814. The van der Waals surface area contributed by atoms with Crippen LogP contribution in [0.3, 0.4) is 0 Å². The van der Waals surface area contributed by atoms with Crippen molar-refractivity contribution in [3.8, 4) is 0 Å². The van der Waals surface area contributed by atoms with Crippen LogP contribution in [0.4, 0.5) is 4.79 Å². The minimum absolute atomic E-state index is 0.186. The molecule has 0 spiro atoms. The molecule has 5 nitrogen and oxygen atoms in total. The topological polar surface area (TPSA) is 72.6 Å². The smallest absolute Gasteiger partial charge is 0.404 e. The van der Waals surface area contributed by atoms with Gasteiger partial charge in [-0.25, -0.2) is 4.79 Å². The van der Waals surface area contributed by atoms with E-state index in [-0.39, 0.29) is 17.9 Å². The van der Waals surface area contributed by atoms with E-state index < -0.39 is 6.09 Å². The molecule has 18 heavy (non-hydrogen) atoms. The predicted octanol–water partition coefficient (Wildman–Crippen LogP) is 1.65. The van der Waals surface area contributed by atoms with Gasteiger partial charge in [0.05, 0.1) is 6.54 Å². The summed E-state index contributed by atoms with van der Waals surface area (Å²) in [5.74, 6) is 0.429. The van der Waals surface area contributed by atoms with Gasteiger partial charge in [0, 0.05) is 12.5 Å². The Hall–Kier alpha value is -1.26. The first-order valence-corrected chi connectivity index (χ1v) is 6.91. The minimum Gasteiger partial charge on any atom is -0.445 e. The molecule has 1 saturated heterocycles. The van der Waals surface area contributed by atoms with Crippen LogP contribution in [-0.4, -0.2) is 36.1 Å². The minimum atomic E-state index is -0.744. The molecule has 1 saturated carbocycles. The summed E-state index contributed by atoms with van der Waals surface area (Å²) >= 11 is 0. The van der Waals surface area contributed by atoms with E-state index in [1.807, 2.05) is 4.90 Å². The maximum Gasteiger partial charge on any atom is 0.404 e. The van der Waals surface area contributed by atoms with Crippen LogP contribution in [0.15, 0.2) is 0 Å². The van der Waals surface area contributed by atoms with E-state index in [0.717, 1.165) is 45.1 Å². The molecule has 2 amide bonds. The average Bonchev–Trinajstić information content (AvgIpc) is 2.38. The fourth-order valence-electron chi connectivity index (χ4n) is 3.01. The third kappa shape index (κ3) is 3.37. The number of ether oxygens (including phenoxy) is 1. The highest BCUT2D eigenvalue weighted by Crippen LogP contribution is 2.26. The third-order valence-corrected chi connectivity index (χ3v) is 3.93. The van der Waals surface area contributed by atoms with Crippen molar-refractivity contribution in [1.29, 1.82) is 0 Å². The third-order valence-electron chi connectivity index (χ3n) is 3.93. The molecule has 2 aliphatic rings. The van der Waals surface area contributed by atoms with E-state index in [1.54, 1.807) is 0 Å². The van der Waals surface area contributed by atoms with Crippen LogP contribution in [-0.2, 0) is 9.53 Å². The molecule has 1 atom stereocenters. The van der Waals surface area contributed by atoms with Gasteiger partial charge in [-0.05, 0) is 25.7 Å². The zero-order valence-corrected chi connectivity index (χ0v) is 10.8. The number of primary amides is 1. The van der Waals surface area contributed by atoms with Crippen LogP contribution in [0.2, 0.25) is 0 Å². The van der Waals surface area contributed by atoms with Crippen LogP contribution in [0.1, 0.15) is 44.9 Å². The van der Waals surface area contributed by atoms with E-state index in [2.05, 4.69) is 0 Å². The zero-order chi connectivity index (χ0) is 13.0. The van der Waals surface area contributed by atoms with Gasteiger partial charge in [-0.3, -0.25) is 4.79 Å². The Kier molecular flexibility index (Phi) is 4.44. The summed E-state index contributed by atoms with van der Waals surface area (Å²) in [7, 11) is 0.